The molecule has 0 atom stereocenters. The minimum Gasteiger partial charge on any atom is -0.437 e. The van der Waals surface area contributed by atoms with Gasteiger partial charge in [-0.3, -0.25) is 4.98 Å². The van der Waals surface area contributed by atoms with Crippen LogP contribution < -0.4 is 16.2 Å². The SMILES string of the molecule is Nc1cc(Oc2ccc(N)c(C3(O)CCC3)n2)cnc1C1(O)CCC1. The molecule has 7 nitrogen and oxygen atoms in total. The number of rotatable bonds is 4. The van der Waals surface area contributed by atoms with Crippen molar-refractivity contribution in [1.29, 1.82) is 0 Å². The summed E-state index contributed by atoms with van der Waals surface area (Å²) in [6, 6.07) is 4.95. The Hall–Kier alpha value is -2.38. The molecular weight excluding hydrogens is 320 g/mol. The van der Waals surface area contributed by atoms with E-state index in [2.05, 4.69) is 9.97 Å². The van der Waals surface area contributed by atoms with Crippen molar-refractivity contribution in [2.45, 2.75) is 49.7 Å². The van der Waals surface area contributed by atoms with Crippen molar-refractivity contribution in [2.24, 2.45) is 0 Å². The number of hydrogen-bond acceptors (Lipinski definition) is 7. The second-order valence-electron chi connectivity index (χ2n) is 7.07. The molecule has 2 heterocycles. The average Bonchev–Trinajstić information content (AvgIpc) is 2.52. The number of nitrogens with two attached hydrogens (primary N) is 2. The van der Waals surface area contributed by atoms with Crippen LogP contribution in [0.1, 0.15) is 49.9 Å². The second-order valence-corrected chi connectivity index (χ2v) is 7.07. The molecule has 2 fully saturated rings. The second kappa shape index (κ2) is 5.57. The lowest BCUT2D eigenvalue weighted by atomic mass is 9.77. The van der Waals surface area contributed by atoms with Crippen molar-refractivity contribution in [3.8, 4) is 11.6 Å². The number of ether oxygens (including phenoxy) is 1. The molecule has 0 amide bonds. The molecule has 2 aliphatic rings. The van der Waals surface area contributed by atoms with E-state index in [1.54, 1.807) is 18.2 Å². The van der Waals surface area contributed by atoms with Gasteiger partial charge in [-0.2, -0.15) is 0 Å². The summed E-state index contributed by atoms with van der Waals surface area (Å²) in [5.74, 6) is 0.744. The summed E-state index contributed by atoms with van der Waals surface area (Å²) in [4.78, 5) is 8.66. The van der Waals surface area contributed by atoms with Crippen LogP contribution in [0.15, 0.2) is 24.4 Å². The molecule has 2 aliphatic carbocycles. The minimum absolute atomic E-state index is 0.320. The van der Waals surface area contributed by atoms with Gasteiger partial charge in [-0.15, -0.1) is 0 Å². The zero-order chi connectivity index (χ0) is 17.7. The van der Waals surface area contributed by atoms with Gasteiger partial charge in [-0.05, 0) is 44.6 Å². The van der Waals surface area contributed by atoms with Crippen LogP contribution in [0, 0.1) is 0 Å². The fraction of sp³-hybridized carbons (Fsp3) is 0.444. The Morgan fingerprint density at radius 1 is 0.920 bits per heavy atom. The topological polar surface area (TPSA) is 128 Å². The molecule has 0 saturated heterocycles. The van der Waals surface area contributed by atoms with Crippen LogP contribution >= 0.6 is 0 Å². The Balaban J connectivity index is 1.58. The summed E-state index contributed by atoms with van der Waals surface area (Å²) in [6.45, 7) is 0. The van der Waals surface area contributed by atoms with Crippen molar-refractivity contribution in [3.05, 3.63) is 35.8 Å². The normalized spacial score (nSPS) is 20.4. The van der Waals surface area contributed by atoms with Crippen molar-refractivity contribution in [2.75, 3.05) is 11.5 Å². The van der Waals surface area contributed by atoms with E-state index in [1.807, 2.05) is 0 Å². The molecular formula is C18H22N4O3. The van der Waals surface area contributed by atoms with Crippen molar-refractivity contribution < 1.29 is 14.9 Å². The van der Waals surface area contributed by atoms with Crippen molar-refractivity contribution in [1.82, 2.24) is 9.97 Å². The predicted octanol–water partition coefficient (Wildman–Crippen LogP) is 2.18. The van der Waals surface area contributed by atoms with Gasteiger partial charge in [0.1, 0.15) is 17.0 Å². The lowest BCUT2D eigenvalue weighted by molar-refractivity contribution is -0.0425. The number of nitrogen functional groups attached to an aromatic ring is 2. The largest absolute Gasteiger partial charge is 0.437 e. The summed E-state index contributed by atoms with van der Waals surface area (Å²) in [7, 11) is 0. The molecule has 0 unspecified atom stereocenters. The number of hydrogen-bond donors (Lipinski definition) is 4. The highest BCUT2D eigenvalue weighted by Gasteiger charge is 2.40. The Morgan fingerprint density at radius 3 is 2.12 bits per heavy atom. The van der Waals surface area contributed by atoms with Gasteiger partial charge in [0.05, 0.1) is 29.0 Å². The highest BCUT2D eigenvalue weighted by molar-refractivity contribution is 5.52. The maximum absolute atomic E-state index is 10.5. The van der Waals surface area contributed by atoms with Crippen LogP contribution in [-0.2, 0) is 11.2 Å². The average molecular weight is 342 g/mol. The molecule has 4 rings (SSSR count). The summed E-state index contributed by atoms with van der Waals surface area (Å²) in [5.41, 5.74) is 11.9. The highest BCUT2D eigenvalue weighted by Crippen LogP contribution is 2.44. The van der Waals surface area contributed by atoms with E-state index < -0.39 is 11.2 Å². The summed E-state index contributed by atoms with van der Waals surface area (Å²) >= 11 is 0. The van der Waals surface area contributed by atoms with Gasteiger partial charge >= 0.3 is 0 Å². The first kappa shape index (κ1) is 16.1. The highest BCUT2D eigenvalue weighted by atomic mass is 16.5. The number of aliphatic hydroxyl groups is 2. The van der Waals surface area contributed by atoms with Crippen LogP contribution in [-0.4, -0.2) is 20.2 Å². The molecule has 0 aromatic carbocycles. The van der Waals surface area contributed by atoms with Gasteiger partial charge in [0, 0.05) is 12.1 Å². The smallest absolute Gasteiger partial charge is 0.219 e. The molecule has 7 heteroatoms. The van der Waals surface area contributed by atoms with Crippen molar-refractivity contribution >= 4 is 11.4 Å². The first-order valence-electron chi connectivity index (χ1n) is 8.55. The third-order valence-electron chi connectivity index (χ3n) is 5.26. The number of nitrogens with zero attached hydrogens (tertiary/aromatic N) is 2. The minimum atomic E-state index is -0.960. The lowest BCUT2D eigenvalue weighted by Gasteiger charge is -2.36. The van der Waals surface area contributed by atoms with E-state index >= 15 is 0 Å². The van der Waals surface area contributed by atoms with Gasteiger partial charge in [-0.1, -0.05) is 0 Å². The third-order valence-corrected chi connectivity index (χ3v) is 5.26. The van der Waals surface area contributed by atoms with Gasteiger partial charge in [0.25, 0.3) is 0 Å². The Bertz CT molecular complexity index is 816. The predicted molar refractivity (Wildman–Crippen MR) is 92.9 cm³/mol. The standard InChI is InChI=1S/C18H22N4O3/c19-12-3-4-14(22-16(12)18(24)7-2-8-18)25-11-9-13(20)15(21-10-11)17(23)5-1-6-17/h3-4,9-10,23-24H,1-2,5-8,19-20H2. The van der Waals surface area contributed by atoms with Crippen LogP contribution in [0.25, 0.3) is 0 Å². The Kier molecular flexibility index (Phi) is 3.59. The molecule has 2 saturated carbocycles. The third kappa shape index (κ3) is 2.69. The Morgan fingerprint density at radius 2 is 1.56 bits per heavy atom. The fourth-order valence-electron chi connectivity index (χ4n) is 3.41. The van der Waals surface area contributed by atoms with E-state index in [1.165, 1.54) is 6.20 Å². The summed E-state index contributed by atoms with van der Waals surface area (Å²) < 4.78 is 5.74. The first-order valence-corrected chi connectivity index (χ1v) is 8.55. The molecule has 0 bridgehead atoms. The molecule has 2 aromatic rings. The molecule has 132 valence electrons. The van der Waals surface area contributed by atoms with Gasteiger partial charge in [-0.25, -0.2) is 4.98 Å². The van der Waals surface area contributed by atoms with E-state index in [0.717, 1.165) is 12.8 Å². The zero-order valence-electron chi connectivity index (χ0n) is 13.9. The number of pyridine rings is 2. The van der Waals surface area contributed by atoms with Crippen LogP contribution in [0.3, 0.4) is 0 Å². The van der Waals surface area contributed by atoms with Gasteiger partial charge in [0.15, 0.2) is 0 Å². The number of aromatic nitrogens is 2. The monoisotopic (exact) mass is 342 g/mol. The molecule has 0 aliphatic heterocycles. The molecule has 6 N–H and O–H groups in total. The van der Waals surface area contributed by atoms with E-state index in [0.29, 0.717) is 60.1 Å². The van der Waals surface area contributed by atoms with Crippen LogP contribution in [0.2, 0.25) is 0 Å². The maximum Gasteiger partial charge on any atom is 0.219 e. The van der Waals surface area contributed by atoms with Crippen LogP contribution in [0.4, 0.5) is 11.4 Å². The maximum atomic E-state index is 10.5. The quantitative estimate of drug-likeness (QED) is 0.670. The number of anilines is 2. The summed E-state index contributed by atoms with van der Waals surface area (Å²) in [5, 5.41) is 20.9. The van der Waals surface area contributed by atoms with E-state index in [-0.39, 0.29) is 0 Å². The van der Waals surface area contributed by atoms with E-state index in [9.17, 15) is 10.2 Å². The fourth-order valence-corrected chi connectivity index (χ4v) is 3.41. The van der Waals surface area contributed by atoms with Gasteiger partial charge < -0.3 is 26.4 Å². The molecule has 2 aromatic heterocycles. The van der Waals surface area contributed by atoms with E-state index in [4.69, 9.17) is 16.2 Å². The Labute approximate surface area is 145 Å². The summed E-state index contributed by atoms with van der Waals surface area (Å²) in [6.07, 6.45) is 6.09. The molecule has 0 radical (unpaired) electrons. The zero-order valence-corrected chi connectivity index (χ0v) is 13.9. The van der Waals surface area contributed by atoms with Crippen LogP contribution in [0.5, 0.6) is 11.6 Å². The first-order chi connectivity index (χ1) is 11.9. The molecule has 25 heavy (non-hydrogen) atoms. The van der Waals surface area contributed by atoms with Gasteiger partial charge in [0.2, 0.25) is 5.88 Å². The lowest BCUT2D eigenvalue weighted by Crippen LogP contribution is -2.35. The molecule has 0 spiro atoms. The van der Waals surface area contributed by atoms with Crippen molar-refractivity contribution in [3.63, 3.8) is 0 Å².